The molecule has 4 nitrogen and oxygen atoms in total. The smallest absolute Gasteiger partial charge is 0.138 e. The quantitative estimate of drug-likeness (QED) is 0.820. The predicted molar refractivity (Wildman–Crippen MR) is 66.6 cm³/mol. The molecule has 2 atom stereocenters. The Hall–Kier alpha value is -0.900. The highest BCUT2D eigenvalue weighted by molar-refractivity contribution is 4.95. The summed E-state index contributed by atoms with van der Waals surface area (Å²) in [5, 5.41) is 14.8. The van der Waals surface area contributed by atoms with Crippen LogP contribution in [0, 0.1) is 5.92 Å². The molecule has 2 unspecified atom stereocenters. The molecule has 0 spiro atoms. The number of rotatable bonds is 3. The van der Waals surface area contributed by atoms with Gasteiger partial charge >= 0.3 is 0 Å². The Labute approximate surface area is 103 Å². The summed E-state index contributed by atoms with van der Waals surface area (Å²) in [6.07, 6.45) is 7.51. The summed E-state index contributed by atoms with van der Waals surface area (Å²) in [6.45, 7) is 5.15. The van der Waals surface area contributed by atoms with Crippen LogP contribution in [0.25, 0.3) is 0 Å². The summed E-state index contributed by atoms with van der Waals surface area (Å²) in [5.41, 5.74) is -0.565. The lowest BCUT2D eigenvalue weighted by Crippen LogP contribution is -2.32. The van der Waals surface area contributed by atoms with Crippen molar-refractivity contribution < 1.29 is 5.11 Å². The molecule has 1 aromatic rings. The molecule has 0 aromatic carbocycles. The van der Waals surface area contributed by atoms with Crippen molar-refractivity contribution in [1.29, 1.82) is 0 Å². The number of aromatic nitrogens is 3. The highest BCUT2D eigenvalue weighted by Crippen LogP contribution is 2.32. The zero-order valence-electron chi connectivity index (χ0n) is 10.9. The lowest BCUT2D eigenvalue weighted by Gasteiger charge is -2.26. The van der Waals surface area contributed by atoms with Crippen LogP contribution in [0.2, 0.25) is 0 Å². The van der Waals surface area contributed by atoms with Gasteiger partial charge in [0.2, 0.25) is 0 Å². The van der Waals surface area contributed by atoms with Crippen LogP contribution >= 0.6 is 0 Å². The third-order valence-corrected chi connectivity index (χ3v) is 3.92. The Morgan fingerprint density at radius 2 is 2.29 bits per heavy atom. The number of hydrogen-bond acceptors (Lipinski definition) is 3. The maximum Gasteiger partial charge on any atom is 0.138 e. The van der Waals surface area contributed by atoms with Crippen molar-refractivity contribution in [2.75, 3.05) is 0 Å². The lowest BCUT2D eigenvalue weighted by atomic mass is 9.90. The van der Waals surface area contributed by atoms with E-state index in [1.807, 2.05) is 4.68 Å². The topological polar surface area (TPSA) is 50.9 Å². The van der Waals surface area contributed by atoms with Gasteiger partial charge in [-0.1, -0.05) is 19.8 Å². The van der Waals surface area contributed by atoms with E-state index in [1.165, 1.54) is 6.42 Å². The van der Waals surface area contributed by atoms with Gasteiger partial charge in [-0.25, -0.2) is 4.98 Å². The van der Waals surface area contributed by atoms with Crippen LogP contribution in [-0.2, 0) is 13.0 Å². The molecular formula is C13H23N3O. The SMILES string of the molecule is CCn1ncnc1CC1(O)CCCC(C)CC1. The molecule has 0 aliphatic heterocycles. The molecule has 0 radical (unpaired) electrons. The number of aliphatic hydroxyl groups is 1. The number of aryl methyl sites for hydroxylation is 1. The lowest BCUT2D eigenvalue weighted by molar-refractivity contribution is 0.0215. The van der Waals surface area contributed by atoms with E-state index in [2.05, 4.69) is 23.9 Å². The van der Waals surface area contributed by atoms with Crippen LogP contribution in [-0.4, -0.2) is 25.5 Å². The fraction of sp³-hybridized carbons (Fsp3) is 0.846. The average molecular weight is 237 g/mol. The van der Waals surface area contributed by atoms with Gasteiger partial charge in [0, 0.05) is 13.0 Å². The van der Waals surface area contributed by atoms with Gasteiger partial charge in [-0.05, 0) is 32.1 Å². The van der Waals surface area contributed by atoms with Crippen molar-refractivity contribution in [2.24, 2.45) is 5.92 Å². The van der Waals surface area contributed by atoms with E-state index in [9.17, 15) is 5.11 Å². The molecule has 1 aliphatic rings. The monoisotopic (exact) mass is 237 g/mol. The van der Waals surface area contributed by atoms with Gasteiger partial charge in [0.15, 0.2) is 0 Å². The summed E-state index contributed by atoms with van der Waals surface area (Å²) >= 11 is 0. The van der Waals surface area contributed by atoms with E-state index >= 15 is 0 Å². The van der Waals surface area contributed by atoms with Crippen LogP contribution in [0.4, 0.5) is 0 Å². The maximum atomic E-state index is 10.7. The molecule has 0 amide bonds. The van der Waals surface area contributed by atoms with Crippen molar-refractivity contribution >= 4 is 0 Å². The van der Waals surface area contributed by atoms with E-state index in [0.29, 0.717) is 6.42 Å². The second-order valence-electron chi connectivity index (χ2n) is 5.43. The summed E-state index contributed by atoms with van der Waals surface area (Å²) in [5.74, 6) is 1.66. The summed E-state index contributed by atoms with van der Waals surface area (Å²) < 4.78 is 1.88. The fourth-order valence-electron chi connectivity index (χ4n) is 2.72. The summed E-state index contributed by atoms with van der Waals surface area (Å²) in [6, 6.07) is 0. The maximum absolute atomic E-state index is 10.7. The molecule has 17 heavy (non-hydrogen) atoms. The summed E-state index contributed by atoms with van der Waals surface area (Å²) in [4.78, 5) is 4.27. The molecule has 1 heterocycles. The third kappa shape index (κ3) is 3.06. The number of nitrogens with zero attached hydrogens (tertiary/aromatic N) is 3. The largest absolute Gasteiger partial charge is 0.389 e. The van der Waals surface area contributed by atoms with Gasteiger partial charge in [0.1, 0.15) is 12.2 Å². The average Bonchev–Trinajstić information content (AvgIpc) is 2.66. The standard InChI is InChI=1S/C13H23N3O/c1-3-16-12(14-10-15-16)9-13(17)7-4-5-11(2)6-8-13/h10-11,17H,3-9H2,1-2H3. The minimum absolute atomic E-state index is 0.565. The van der Waals surface area contributed by atoms with Gasteiger partial charge in [-0.15, -0.1) is 0 Å². The van der Waals surface area contributed by atoms with Crippen molar-refractivity contribution in [2.45, 2.75) is 64.5 Å². The molecule has 1 aromatic heterocycles. The first-order valence-electron chi connectivity index (χ1n) is 6.72. The van der Waals surface area contributed by atoms with Crippen LogP contribution in [0.5, 0.6) is 0 Å². The summed E-state index contributed by atoms with van der Waals surface area (Å²) in [7, 11) is 0. The van der Waals surface area contributed by atoms with Crippen LogP contribution < -0.4 is 0 Å². The molecule has 0 bridgehead atoms. The molecular weight excluding hydrogens is 214 g/mol. The molecule has 4 heteroatoms. The Morgan fingerprint density at radius 1 is 1.47 bits per heavy atom. The van der Waals surface area contributed by atoms with E-state index in [0.717, 1.165) is 44.0 Å². The first-order valence-corrected chi connectivity index (χ1v) is 6.72. The molecule has 96 valence electrons. The first-order chi connectivity index (χ1) is 8.13. The van der Waals surface area contributed by atoms with Crippen LogP contribution in [0.3, 0.4) is 0 Å². The second-order valence-corrected chi connectivity index (χ2v) is 5.43. The normalized spacial score (nSPS) is 30.2. The van der Waals surface area contributed by atoms with Crippen molar-refractivity contribution in [3.8, 4) is 0 Å². The van der Waals surface area contributed by atoms with Gasteiger partial charge in [-0.2, -0.15) is 5.10 Å². The zero-order chi connectivity index (χ0) is 12.3. The van der Waals surface area contributed by atoms with Gasteiger partial charge in [-0.3, -0.25) is 4.68 Å². The van der Waals surface area contributed by atoms with Crippen molar-refractivity contribution in [3.05, 3.63) is 12.2 Å². The van der Waals surface area contributed by atoms with Gasteiger partial charge in [0.25, 0.3) is 0 Å². The second kappa shape index (κ2) is 5.17. The third-order valence-electron chi connectivity index (χ3n) is 3.92. The highest BCUT2D eigenvalue weighted by atomic mass is 16.3. The van der Waals surface area contributed by atoms with Gasteiger partial charge in [0.05, 0.1) is 5.60 Å². The zero-order valence-corrected chi connectivity index (χ0v) is 10.9. The highest BCUT2D eigenvalue weighted by Gasteiger charge is 2.31. The molecule has 1 saturated carbocycles. The molecule has 0 saturated heterocycles. The molecule has 2 rings (SSSR count). The Morgan fingerprint density at radius 3 is 3.06 bits per heavy atom. The number of hydrogen-bond donors (Lipinski definition) is 1. The minimum atomic E-state index is -0.565. The molecule has 1 fully saturated rings. The van der Waals surface area contributed by atoms with E-state index < -0.39 is 5.60 Å². The molecule has 1 N–H and O–H groups in total. The predicted octanol–water partition coefficient (Wildman–Crippen LogP) is 2.17. The van der Waals surface area contributed by atoms with Crippen molar-refractivity contribution in [3.63, 3.8) is 0 Å². The van der Waals surface area contributed by atoms with E-state index in [1.54, 1.807) is 6.33 Å². The van der Waals surface area contributed by atoms with Crippen molar-refractivity contribution in [1.82, 2.24) is 14.8 Å². The van der Waals surface area contributed by atoms with E-state index in [4.69, 9.17) is 0 Å². The Balaban J connectivity index is 2.06. The Kier molecular flexibility index (Phi) is 3.82. The first kappa shape index (κ1) is 12.6. The Bertz CT molecular complexity index is 363. The van der Waals surface area contributed by atoms with Crippen LogP contribution in [0.15, 0.2) is 6.33 Å². The van der Waals surface area contributed by atoms with Crippen LogP contribution in [0.1, 0.15) is 51.8 Å². The minimum Gasteiger partial charge on any atom is -0.389 e. The van der Waals surface area contributed by atoms with Gasteiger partial charge < -0.3 is 5.11 Å². The fourth-order valence-corrected chi connectivity index (χ4v) is 2.72. The molecule has 1 aliphatic carbocycles. The van der Waals surface area contributed by atoms with E-state index in [-0.39, 0.29) is 0 Å².